The molecule has 3 nitrogen and oxygen atoms in total. The van der Waals surface area contributed by atoms with Crippen molar-refractivity contribution in [1.82, 2.24) is 9.88 Å². The first-order valence-electron chi connectivity index (χ1n) is 7.30. The topological polar surface area (TPSA) is 42.1 Å². The van der Waals surface area contributed by atoms with E-state index in [0.29, 0.717) is 5.92 Å². The van der Waals surface area contributed by atoms with Gasteiger partial charge in [-0.25, -0.2) is 4.98 Å². The maximum absolute atomic E-state index is 6.23. The minimum atomic E-state index is 0.282. The lowest BCUT2D eigenvalue weighted by atomic mass is 10.0. The number of halogens is 1. The third-order valence-electron chi connectivity index (χ3n) is 4.09. The van der Waals surface area contributed by atoms with Gasteiger partial charge in [0, 0.05) is 30.1 Å². The Morgan fingerprint density at radius 1 is 1.48 bits per heavy atom. The Labute approximate surface area is 134 Å². The molecule has 112 valence electrons. The first-order chi connectivity index (χ1) is 10.1. The Bertz CT molecular complexity index is 611. The summed E-state index contributed by atoms with van der Waals surface area (Å²) in [6.45, 7) is 5.21. The number of likely N-dealkylation sites (tertiary alicyclic amines) is 1. The molecule has 0 amide bonds. The zero-order valence-corrected chi connectivity index (χ0v) is 13.7. The summed E-state index contributed by atoms with van der Waals surface area (Å²) >= 11 is 7.89. The van der Waals surface area contributed by atoms with Gasteiger partial charge in [0.25, 0.3) is 0 Å². The van der Waals surface area contributed by atoms with Crippen molar-refractivity contribution in [1.29, 1.82) is 0 Å². The van der Waals surface area contributed by atoms with E-state index in [1.807, 2.05) is 24.3 Å². The quantitative estimate of drug-likeness (QED) is 0.935. The molecule has 5 heteroatoms. The molecule has 0 saturated carbocycles. The standard InChI is InChI=1S/C16H20ClN3S/c1-11(18)12-6-7-20(8-12)9-13-10-21-16(19-13)14-4-2-3-5-15(14)17/h2-5,10-12H,6-9,18H2,1H3. The van der Waals surface area contributed by atoms with Crippen LogP contribution in [0.2, 0.25) is 5.02 Å². The highest BCUT2D eigenvalue weighted by molar-refractivity contribution is 7.13. The number of nitrogens with zero attached hydrogens (tertiary/aromatic N) is 2. The molecule has 1 aliphatic heterocycles. The Hall–Kier alpha value is -0.940. The summed E-state index contributed by atoms with van der Waals surface area (Å²) in [6.07, 6.45) is 1.19. The van der Waals surface area contributed by atoms with Crippen LogP contribution in [0.25, 0.3) is 10.6 Å². The zero-order valence-electron chi connectivity index (χ0n) is 12.1. The molecule has 3 rings (SSSR count). The molecule has 2 unspecified atom stereocenters. The summed E-state index contributed by atoms with van der Waals surface area (Å²) in [4.78, 5) is 7.18. The van der Waals surface area contributed by atoms with E-state index in [9.17, 15) is 0 Å². The van der Waals surface area contributed by atoms with Crippen LogP contribution in [0.4, 0.5) is 0 Å². The fourth-order valence-electron chi connectivity index (χ4n) is 2.80. The van der Waals surface area contributed by atoms with E-state index in [1.165, 1.54) is 6.42 Å². The number of nitrogens with two attached hydrogens (primary N) is 1. The van der Waals surface area contributed by atoms with Crippen LogP contribution in [0.3, 0.4) is 0 Å². The van der Waals surface area contributed by atoms with Crippen molar-refractivity contribution in [2.24, 2.45) is 11.7 Å². The van der Waals surface area contributed by atoms with Crippen molar-refractivity contribution < 1.29 is 0 Å². The molecular formula is C16H20ClN3S. The Kier molecular flexibility index (Phi) is 4.60. The zero-order chi connectivity index (χ0) is 14.8. The van der Waals surface area contributed by atoms with Gasteiger partial charge in [-0.1, -0.05) is 29.8 Å². The van der Waals surface area contributed by atoms with Gasteiger partial charge >= 0.3 is 0 Å². The number of rotatable bonds is 4. The Morgan fingerprint density at radius 3 is 3.00 bits per heavy atom. The van der Waals surface area contributed by atoms with Gasteiger partial charge in [0.05, 0.1) is 10.7 Å². The summed E-state index contributed by atoms with van der Waals surface area (Å²) in [5.41, 5.74) is 8.14. The Morgan fingerprint density at radius 2 is 2.29 bits per heavy atom. The van der Waals surface area contributed by atoms with Gasteiger partial charge < -0.3 is 5.73 Å². The van der Waals surface area contributed by atoms with E-state index in [-0.39, 0.29) is 6.04 Å². The molecule has 0 spiro atoms. The lowest BCUT2D eigenvalue weighted by Gasteiger charge is -2.16. The predicted molar refractivity (Wildman–Crippen MR) is 89.6 cm³/mol. The maximum atomic E-state index is 6.23. The number of hydrogen-bond donors (Lipinski definition) is 1. The van der Waals surface area contributed by atoms with Gasteiger partial charge in [-0.3, -0.25) is 4.90 Å². The molecular weight excluding hydrogens is 302 g/mol. The molecule has 1 aromatic carbocycles. The van der Waals surface area contributed by atoms with Crippen LogP contribution in [0.5, 0.6) is 0 Å². The summed E-state index contributed by atoms with van der Waals surface area (Å²) in [5.74, 6) is 0.617. The van der Waals surface area contributed by atoms with Crippen molar-refractivity contribution in [3.63, 3.8) is 0 Å². The van der Waals surface area contributed by atoms with Gasteiger partial charge in [-0.05, 0) is 31.9 Å². The van der Waals surface area contributed by atoms with Gasteiger partial charge in [0.15, 0.2) is 0 Å². The van der Waals surface area contributed by atoms with Crippen LogP contribution < -0.4 is 5.73 Å². The van der Waals surface area contributed by atoms with Crippen LogP contribution in [0.15, 0.2) is 29.6 Å². The largest absolute Gasteiger partial charge is 0.328 e. The van der Waals surface area contributed by atoms with Crippen molar-refractivity contribution in [3.8, 4) is 10.6 Å². The van der Waals surface area contributed by atoms with Crippen molar-refractivity contribution >= 4 is 22.9 Å². The summed E-state index contributed by atoms with van der Waals surface area (Å²) in [6, 6.07) is 8.15. The number of aromatic nitrogens is 1. The van der Waals surface area contributed by atoms with Crippen LogP contribution >= 0.6 is 22.9 Å². The highest BCUT2D eigenvalue weighted by Crippen LogP contribution is 2.30. The van der Waals surface area contributed by atoms with Crippen LogP contribution in [0, 0.1) is 5.92 Å². The first kappa shape index (κ1) is 15.0. The monoisotopic (exact) mass is 321 g/mol. The van der Waals surface area contributed by atoms with E-state index < -0.39 is 0 Å². The number of benzene rings is 1. The fourth-order valence-corrected chi connectivity index (χ4v) is 3.93. The van der Waals surface area contributed by atoms with E-state index in [0.717, 1.165) is 40.9 Å². The summed E-state index contributed by atoms with van der Waals surface area (Å²) in [7, 11) is 0. The molecule has 2 heterocycles. The summed E-state index contributed by atoms with van der Waals surface area (Å²) in [5, 5.41) is 3.90. The second-order valence-corrected chi connectivity index (χ2v) is 7.03. The van der Waals surface area contributed by atoms with Gasteiger partial charge in [0.1, 0.15) is 5.01 Å². The molecule has 0 aliphatic carbocycles. The van der Waals surface area contributed by atoms with Gasteiger partial charge in [-0.2, -0.15) is 0 Å². The maximum Gasteiger partial charge on any atom is 0.125 e. The molecule has 1 aliphatic rings. The SMILES string of the molecule is CC(N)C1CCN(Cc2csc(-c3ccccc3Cl)n2)C1. The first-order valence-corrected chi connectivity index (χ1v) is 8.56. The number of thiazole rings is 1. The van der Waals surface area contributed by atoms with Gasteiger partial charge in [0.2, 0.25) is 0 Å². The van der Waals surface area contributed by atoms with Crippen molar-refractivity contribution in [2.75, 3.05) is 13.1 Å². The molecule has 2 atom stereocenters. The van der Waals surface area contributed by atoms with Gasteiger partial charge in [-0.15, -0.1) is 11.3 Å². The molecule has 0 bridgehead atoms. The molecule has 2 aromatic rings. The van der Waals surface area contributed by atoms with Crippen molar-refractivity contribution in [3.05, 3.63) is 40.4 Å². The van der Waals surface area contributed by atoms with Crippen LogP contribution in [-0.4, -0.2) is 29.0 Å². The average Bonchev–Trinajstić information content (AvgIpc) is 3.09. The van der Waals surface area contributed by atoms with Crippen LogP contribution in [-0.2, 0) is 6.54 Å². The van der Waals surface area contributed by atoms with Crippen LogP contribution in [0.1, 0.15) is 19.0 Å². The molecule has 0 radical (unpaired) electrons. The highest BCUT2D eigenvalue weighted by atomic mass is 35.5. The Balaban J connectivity index is 1.68. The van der Waals surface area contributed by atoms with E-state index in [1.54, 1.807) is 11.3 Å². The van der Waals surface area contributed by atoms with E-state index in [4.69, 9.17) is 22.3 Å². The molecule has 1 aromatic heterocycles. The third kappa shape index (κ3) is 3.46. The molecule has 1 fully saturated rings. The highest BCUT2D eigenvalue weighted by Gasteiger charge is 2.25. The number of hydrogen-bond acceptors (Lipinski definition) is 4. The lowest BCUT2D eigenvalue weighted by Crippen LogP contribution is -2.29. The minimum Gasteiger partial charge on any atom is -0.328 e. The summed E-state index contributed by atoms with van der Waals surface area (Å²) < 4.78 is 0. The molecule has 2 N–H and O–H groups in total. The normalized spacial score (nSPS) is 20.8. The lowest BCUT2D eigenvalue weighted by molar-refractivity contribution is 0.305. The van der Waals surface area contributed by atoms with Crippen molar-refractivity contribution in [2.45, 2.75) is 25.9 Å². The second kappa shape index (κ2) is 6.44. The minimum absolute atomic E-state index is 0.282. The molecule has 1 saturated heterocycles. The fraction of sp³-hybridized carbons (Fsp3) is 0.438. The molecule has 21 heavy (non-hydrogen) atoms. The van der Waals surface area contributed by atoms with E-state index >= 15 is 0 Å². The smallest absolute Gasteiger partial charge is 0.125 e. The van der Waals surface area contributed by atoms with E-state index in [2.05, 4.69) is 17.2 Å². The second-order valence-electron chi connectivity index (χ2n) is 5.77. The predicted octanol–water partition coefficient (Wildman–Crippen LogP) is 3.63. The average molecular weight is 322 g/mol. The third-order valence-corrected chi connectivity index (χ3v) is 5.35.